The molecule has 11 nitrogen and oxygen atoms in total. The fourth-order valence-electron chi connectivity index (χ4n) is 7.06. The van der Waals surface area contributed by atoms with Crippen molar-refractivity contribution in [1.29, 1.82) is 0 Å². The van der Waals surface area contributed by atoms with E-state index in [0.29, 0.717) is 19.3 Å². The van der Waals surface area contributed by atoms with Gasteiger partial charge in [0.05, 0.1) is 25.4 Å². The number of rotatable bonds is 37. The number of carbonyl (C=O) groups excluding carboxylic acids is 1. The van der Waals surface area contributed by atoms with Gasteiger partial charge in [-0.25, -0.2) is 0 Å². The lowest BCUT2D eigenvalue weighted by Crippen LogP contribution is -2.60. The van der Waals surface area contributed by atoms with Gasteiger partial charge in [-0.15, -0.1) is 0 Å². The quantitative estimate of drug-likeness (QED) is 0.0232. The number of nitrogens with one attached hydrogen (secondary N) is 1. The van der Waals surface area contributed by atoms with Crippen LogP contribution in [-0.2, 0) is 14.3 Å². The Labute approximate surface area is 351 Å². The molecule has 0 aliphatic carbocycles. The van der Waals surface area contributed by atoms with Crippen LogP contribution in [0.5, 0.6) is 0 Å². The first-order valence-electron chi connectivity index (χ1n) is 23.0. The van der Waals surface area contributed by atoms with Gasteiger partial charge in [0, 0.05) is 0 Å². The predicted octanol–water partition coefficient (Wildman–Crippen LogP) is 7.39. The number of aliphatic hydroxyl groups is 7. The van der Waals surface area contributed by atoms with Gasteiger partial charge in [-0.3, -0.25) is 4.79 Å². The van der Waals surface area contributed by atoms with E-state index in [1.54, 1.807) is 0 Å². The van der Waals surface area contributed by atoms with E-state index >= 15 is 0 Å². The Bertz CT molecular complexity index is 1080. The Hall–Kier alpha value is -1.93. The smallest absolute Gasteiger partial charge is 0.249 e. The van der Waals surface area contributed by atoms with Gasteiger partial charge in [0.15, 0.2) is 6.29 Å². The highest BCUT2D eigenvalue weighted by Crippen LogP contribution is 2.23. The number of amides is 1. The molecule has 0 bridgehead atoms. The number of hydrogen-bond acceptors (Lipinski definition) is 10. The Kier molecular flexibility index (Phi) is 34.4. The average Bonchev–Trinajstić information content (AvgIpc) is 3.22. The van der Waals surface area contributed by atoms with E-state index in [1.807, 2.05) is 19.1 Å². The summed E-state index contributed by atoms with van der Waals surface area (Å²) in [5.41, 5.74) is 0. The van der Waals surface area contributed by atoms with Crippen LogP contribution >= 0.6 is 0 Å². The molecule has 8 N–H and O–H groups in total. The summed E-state index contributed by atoms with van der Waals surface area (Å²) in [4.78, 5) is 13.1. The van der Waals surface area contributed by atoms with Crippen LogP contribution in [0.2, 0.25) is 0 Å². The third kappa shape index (κ3) is 26.3. The van der Waals surface area contributed by atoms with E-state index in [-0.39, 0.29) is 12.8 Å². The average molecular weight is 824 g/mol. The summed E-state index contributed by atoms with van der Waals surface area (Å²) in [6.45, 7) is 3.18. The summed E-state index contributed by atoms with van der Waals surface area (Å²) in [6, 6.07) is -1.20. The molecule has 1 fully saturated rings. The summed E-state index contributed by atoms with van der Waals surface area (Å²) in [6.07, 6.45) is 31.8. The number of ether oxygens (including phenoxy) is 2. The van der Waals surface area contributed by atoms with Gasteiger partial charge in [-0.05, 0) is 84.0 Å². The highest BCUT2D eigenvalue weighted by molar-refractivity contribution is 5.80. The minimum atomic E-state index is -1.67. The number of unbranched alkanes of at least 4 members (excludes halogenated alkanes) is 18. The van der Waals surface area contributed by atoms with Crippen LogP contribution in [0.25, 0.3) is 0 Å². The van der Waals surface area contributed by atoms with E-state index in [1.165, 1.54) is 64.2 Å². The first-order valence-corrected chi connectivity index (χ1v) is 23.0. The zero-order valence-corrected chi connectivity index (χ0v) is 36.3. The fraction of sp³-hybridized carbons (Fsp3) is 0.809. The molecule has 1 rings (SSSR count). The van der Waals surface area contributed by atoms with Crippen molar-refractivity contribution in [3.05, 3.63) is 48.6 Å². The Morgan fingerprint density at radius 2 is 1.10 bits per heavy atom. The molecule has 1 saturated heterocycles. The van der Waals surface area contributed by atoms with Gasteiger partial charge in [-0.1, -0.05) is 139 Å². The van der Waals surface area contributed by atoms with Crippen molar-refractivity contribution < 1.29 is 50.0 Å². The first kappa shape index (κ1) is 54.1. The van der Waals surface area contributed by atoms with E-state index in [9.17, 15) is 40.5 Å². The maximum Gasteiger partial charge on any atom is 0.249 e. The molecule has 1 heterocycles. The van der Waals surface area contributed by atoms with Crippen molar-refractivity contribution in [1.82, 2.24) is 5.32 Å². The van der Waals surface area contributed by atoms with Crippen molar-refractivity contribution in [3.63, 3.8) is 0 Å². The van der Waals surface area contributed by atoms with Gasteiger partial charge < -0.3 is 50.5 Å². The molecule has 58 heavy (non-hydrogen) atoms. The van der Waals surface area contributed by atoms with Gasteiger partial charge in [0.25, 0.3) is 0 Å². The molecule has 0 radical (unpaired) electrons. The highest BCUT2D eigenvalue weighted by atomic mass is 16.7. The van der Waals surface area contributed by atoms with Crippen LogP contribution in [0.15, 0.2) is 48.6 Å². The highest BCUT2D eigenvalue weighted by Gasteiger charge is 2.44. The third-order valence-electron chi connectivity index (χ3n) is 10.9. The predicted molar refractivity (Wildman–Crippen MR) is 233 cm³/mol. The summed E-state index contributed by atoms with van der Waals surface area (Å²) in [5, 5.41) is 75.5. The van der Waals surface area contributed by atoms with Crippen LogP contribution in [0.4, 0.5) is 0 Å². The molecule has 0 aromatic heterocycles. The molecule has 338 valence electrons. The summed E-state index contributed by atoms with van der Waals surface area (Å²) >= 11 is 0. The SMILES string of the molecule is C/C=C/CC/C=C/CC/C=C/CCCC(O)C(O)C(COC1OC(CO)C(O)C(O)C1O)NC(=O)C(O)CCCCCCCC/C=C\CCCCCCCCCCC. The molecule has 0 saturated carbocycles. The van der Waals surface area contributed by atoms with Crippen molar-refractivity contribution >= 4 is 5.91 Å². The molecule has 0 aromatic carbocycles. The fourth-order valence-corrected chi connectivity index (χ4v) is 7.06. The minimum absolute atomic E-state index is 0.237. The molecular formula is C47H85NO10. The normalized spacial score (nSPS) is 22.4. The second kappa shape index (κ2) is 36.9. The van der Waals surface area contributed by atoms with Crippen molar-refractivity contribution in [2.45, 2.75) is 229 Å². The zero-order chi connectivity index (χ0) is 42.6. The number of aliphatic hydroxyl groups excluding tert-OH is 7. The first-order chi connectivity index (χ1) is 28.2. The molecule has 1 aliphatic heterocycles. The number of hydrogen-bond donors (Lipinski definition) is 8. The standard InChI is InChI=1S/C47H85NO10/c1-3-5-7-9-11-13-15-17-18-19-20-21-22-23-25-27-29-31-33-35-40(51)46(56)48-38(37-57-47-45(55)44(54)43(53)41(36-49)58-47)42(52)39(50)34-32-30-28-26-24-16-14-12-10-8-6-4-2/h4,6,12,14,20-21,26,28,38-45,47,49-55H,3,5,7-11,13,15-19,22-25,27,29-37H2,1-2H3,(H,48,56)/b6-4+,14-12+,21-20-,28-26+. The third-order valence-corrected chi connectivity index (χ3v) is 10.9. The topological polar surface area (TPSA) is 189 Å². The van der Waals surface area contributed by atoms with Gasteiger partial charge >= 0.3 is 0 Å². The lowest BCUT2D eigenvalue weighted by molar-refractivity contribution is -0.303. The van der Waals surface area contributed by atoms with Crippen molar-refractivity contribution in [3.8, 4) is 0 Å². The monoisotopic (exact) mass is 824 g/mol. The summed E-state index contributed by atoms with van der Waals surface area (Å²) < 4.78 is 11.0. The van der Waals surface area contributed by atoms with Gasteiger partial charge in [-0.2, -0.15) is 0 Å². The molecule has 0 aromatic rings. The summed E-state index contributed by atoms with van der Waals surface area (Å²) in [5.74, 6) is -0.721. The molecule has 0 spiro atoms. The number of allylic oxidation sites excluding steroid dienone is 8. The molecule has 11 heteroatoms. The molecule has 1 aliphatic rings. The maximum atomic E-state index is 13.1. The molecule has 9 atom stereocenters. The van der Waals surface area contributed by atoms with E-state index in [4.69, 9.17) is 9.47 Å². The van der Waals surface area contributed by atoms with Crippen LogP contribution in [-0.4, -0.2) is 110 Å². The van der Waals surface area contributed by atoms with Gasteiger partial charge in [0.1, 0.15) is 36.6 Å². The van der Waals surface area contributed by atoms with Crippen LogP contribution in [0.1, 0.15) is 174 Å². The molecular weight excluding hydrogens is 739 g/mol. The van der Waals surface area contributed by atoms with Crippen LogP contribution < -0.4 is 5.32 Å². The minimum Gasteiger partial charge on any atom is -0.394 e. The maximum absolute atomic E-state index is 13.1. The van der Waals surface area contributed by atoms with E-state index < -0.39 is 74.2 Å². The van der Waals surface area contributed by atoms with Crippen LogP contribution in [0, 0.1) is 0 Å². The van der Waals surface area contributed by atoms with Crippen LogP contribution in [0.3, 0.4) is 0 Å². The van der Waals surface area contributed by atoms with E-state index in [0.717, 1.165) is 64.2 Å². The molecule has 1 amide bonds. The van der Waals surface area contributed by atoms with Crippen molar-refractivity contribution in [2.24, 2.45) is 0 Å². The van der Waals surface area contributed by atoms with E-state index in [2.05, 4.69) is 48.7 Å². The largest absolute Gasteiger partial charge is 0.394 e. The number of carbonyl (C=O) groups is 1. The Balaban J connectivity index is 2.46. The lowest BCUT2D eigenvalue weighted by atomic mass is 9.98. The second-order valence-electron chi connectivity index (χ2n) is 16.1. The molecule has 9 unspecified atom stereocenters. The lowest BCUT2D eigenvalue weighted by Gasteiger charge is -2.40. The van der Waals surface area contributed by atoms with Gasteiger partial charge in [0.2, 0.25) is 5.91 Å². The Morgan fingerprint density at radius 3 is 1.64 bits per heavy atom. The summed E-state index contributed by atoms with van der Waals surface area (Å²) in [7, 11) is 0. The Morgan fingerprint density at radius 1 is 0.621 bits per heavy atom. The second-order valence-corrected chi connectivity index (χ2v) is 16.1. The van der Waals surface area contributed by atoms with Crippen molar-refractivity contribution in [2.75, 3.05) is 13.2 Å². The zero-order valence-electron chi connectivity index (χ0n) is 36.3.